The number of aromatic amines is 1. The Morgan fingerprint density at radius 3 is 3.07 bits per heavy atom. The van der Waals surface area contributed by atoms with Crippen LogP contribution in [0.25, 0.3) is 0 Å². The minimum atomic E-state index is -0.326. The summed E-state index contributed by atoms with van der Waals surface area (Å²) in [5.41, 5.74) is 0.365. The monoisotopic (exact) mass is 210 g/mol. The molecule has 0 atom stereocenters. The molecule has 0 radical (unpaired) electrons. The van der Waals surface area contributed by atoms with E-state index in [2.05, 4.69) is 30.9 Å². The van der Waals surface area contributed by atoms with Crippen molar-refractivity contribution >= 4 is 23.2 Å². The molecule has 0 spiro atoms. The number of nitrogens with zero attached hydrogens (tertiary/aromatic N) is 4. The number of H-pyrrole nitrogens is 1. The van der Waals surface area contributed by atoms with Crippen LogP contribution in [0.2, 0.25) is 0 Å². The molecule has 2 N–H and O–H groups in total. The lowest BCUT2D eigenvalue weighted by atomic mass is 10.4. The van der Waals surface area contributed by atoms with Crippen molar-refractivity contribution in [1.29, 1.82) is 0 Å². The zero-order valence-electron chi connectivity index (χ0n) is 7.18. The van der Waals surface area contributed by atoms with E-state index in [-0.39, 0.29) is 11.9 Å². The van der Waals surface area contributed by atoms with Crippen LogP contribution in [0.5, 0.6) is 0 Å². The quantitative estimate of drug-likeness (QED) is 0.738. The number of nitrogens with one attached hydrogen (secondary N) is 2. The predicted octanol–water partition coefficient (Wildman–Crippen LogP) is 0.217. The maximum atomic E-state index is 11.4. The fourth-order valence-corrected chi connectivity index (χ4v) is 1.44. The summed E-state index contributed by atoms with van der Waals surface area (Å²) < 4.78 is 0. The Labute approximate surface area is 82.6 Å². The molecular formula is C6H6N6OS. The second-order valence-electron chi connectivity index (χ2n) is 2.46. The summed E-state index contributed by atoms with van der Waals surface area (Å²) in [7, 11) is 0. The molecule has 0 aromatic carbocycles. The number of hydrogen-bond acceptors (Lipinski definition) is 6. The summed E-state index contributed by atoms with van der Waals surface area (Å²) in [6.45, 7) is 1.83. The fourth-order valence-electron chi connectivity index (χ4n) is 0.851. The maximum Gasteiger partial charge on any atom is 0.277 e. The van der Waals surface area contributed by atoms with Crippen LogP contribution in [-0.2, 0) is 0 Å². The minimum Gasteiger partial charge on any atom is -0.288 e. The highest BCUT2D eigenvalue weighted by Gasteiger charge is 2.10. The van der Waals surface area contributed by atoms with Crippen molar-refractivity contribution in [1.82, 2.24) is 25.6 Å². The third-order valence-corrected chi connectivity index (χ3v) is 2.20. The zero-order chi connectivity index (χ0) is 9.97. The predicted molar refractivity (Wildman–Crippen MR) is 49.0 cm³/mol. The summed E-state index contributed by atoms with van der Waals surface area (Å²) in [6, 6.07) is 0. The molecule has 14 heavy (non-hydrogen) atoms. The first-order valence-electron chi connectivity index (χ1n) is 3.73. The molecule has 72 valence electrons. The van der Waals surface area contributed by atoms with E-state index in [1.54, 1.807) is 5.38 Å². The van der Waals surface area contributed by atoms with Crippen molar-refractivity contribution in [2.24, 2.45) is 0 Å². The average Bonchev–Trinajstić information content (AvgIpc) is 2.75. The van der Waals surface area contributed by atoms with E-state index >= 15 is 0 Å². The van der Waals surface area contributed by atoms with Crippen LogP contribution in [-0.4, -0.2) is 31.5 Å². The Bertz CT molecular complexity index is 435. The largest absolute Gasteiger partial charge is 0.288 e. The van der Waals surface area contributed by atoms with Crippen LogP contribution in [0.15, 0.2) is 5.38 Å². The molecule has 1 amide bonds. The number of aromatic nitrogens is 5. The van der Waals surface area contributed by atoms with E-state index in [9.17, 15) is 4.79 Å². The minimum absolute atomic E-state index is 0.209. The normalized spacial score (nSPS) is 10.1. The first-order chi connectivity index (χ1) is 6.75. The fraction of sp³-hybridized carbons (Fsp3) is 0.167. The summed E-state index contributed by atoms with van der Waals surface area (Å²) in [5.74, 6) is -0.117. The number of hydrogen-bond donors (Lipinski definition) is 2. The molecule has 0 saturated carbocycles. The zero-order valence-corrected chi connectivity index (χ0v) is 8.00. The third kappa shape index (κ3) is 1.74. The van der Waals surface area contributed by atoms with Gasteiger partial charge in [0.1, 0.15) is 5.69 Å². The molecule has 7 nitrogen and oxygen atoms in total. The van der Waals surface area contributed by atoms with Crippen LogP contribution in [0, 0.1) is 6.92 Å². The molecule has 0 unspecified atom stereocenters. The number of anilines is 1. The van der Waals surface area contributed by atoms with Gasteiger partial charge in [0.05, 0.1) is 5.01 Å². The Balaban J connectivity index is 2.10. The lowest BCUT2D eigenvalue weighted by Gasteiger charge is -1.95. The van der Waals surface area contributed by atoms with Crippen LogP contribution in [0.3, 0.4) is 0 Å². The Kier molecular flexibility index (Phi) is 2.19. The van der Waals surface area contributed by atoms with E-state index in [0.29, 0.717) is 5.69 Å². The van der Waals surface area contributed by atoms with Crippen molar-refractivity contribution in [3.63, 3.8) is 0 Å². The van der Waals surface area contributed by atoms with Gasteiger partial charge in [-0.1, -0.05) is 5.10 Å². The molecule has 0 aliphatic carbocycles. The van der Waals surface area contributed by atoms with Gasteiger partial charge in [0.25, 0.3) is 5.91 Å². The van der Waals surface area contributed by atoms with E-state index < -0.39 is 0 Å². The van der Waals surface area contributed by atoms with Crippen LogP contribution in [0.4, 0.5) is 5.95 Å². The number of aryl methyl sites for hydroxylation is 1. The van der Waals surface area contributed by atoms with Gasteiger partial charge >= 0.3 is 0 Å². The number of amides is 1. The van der Waals surface area contributed by atoms with Gasteiger partial charge in [0.2, 0.25) is 5.95 Å². The van der Waals surface area contributed by atoms with Gasteiger partial charge in [-0.2, -0.15) is 0 Å². The van der Waals surface area contributed by atoms with Crippen LogP contribution >= 0.6 is 11.3 Å². The average molecular weight is 210 g/mol. The van der Waals surface area contributed by atoms with E-state index in [4.69, 9.17) is 0 Å². The molecule has 2 aromatic heterocycles. The maximum absolute atomic E-state index is 11.4. The van der Waals surface area contributed by atoms with Gasteiger partial charge < -0.3 is 0 Å². The van der Waals surface area contributed by atoms with Gasteiger partial charge in [-0.3, -0.25) is 10.1 Å². The number of carbonyl (C=O) groups is 1. The van der Waals surface area contributed by atoms with Gasteiger partial charge in [0.15, 0.2) is 0 Å². The lowest BCUT2D eigenvalue weighted by Crippen LogP contribution is -2.13. The molecular weight excluding hydrogens is 204 g/mol. The Hall–Kier alpha value is -1.83. The van der Waals surface area contributed by atoms with Gasteiger partial charge in [-0.05, 0) is 17.4 Å². The van der Waals surface area contributed by atoms with Crippen molar-refractivity contribution in [2.45, 2.75) is 6.92 Å². The number of thiazole rings is 1. The van der Waals surface area contributed by atoms with Crippen molar-refractivity contribution in [3.05, 3.63) is 16.1 Å². The molecule has 0 saturated heterocycles. The lowest BCUT2D eigenvalue weighted by molar-refractivity contribution is 0.102. The van der Waals surface area contributed by atoms with Crippen molar-refractivity contribution < 1.29 is 4.79 Å². The second-order valence-corrected chi connectivity index (χ2v) is 3.52. The van der Waals surface area contributed by atoms with E-state index in [1.807, 2.05) is 6.92 Å². The number of tetrazole rings is 1. The summed E-state index contributed by atoms with van der Waals surface area (Å²) in [4.78, 5) is 15.5. The summed E-state index contributed by atoms with van der Waals surface area (Å²) in [5, 5.41) is 17.6. The SMILES string of the molecule is Cc1nc(C(=O)Nc2nnn[nH]2)cs1. The van der Waals surface area contributed by atoms with E-state index in [1.165, 1.54) is 11.3 Å². The topological polar surface area (TPSA) is 96.5 Å². The molecule has 0 bridgehead atoms. The smallest absolute Gasteiger partial charge is 0.277 e. The van der Waals surface area contributed by atoms with Crippen molar-refractivity contribution in [2.75, 3.05) is 5.32 Å². The van der Waals surface area contributed by atoms with Gasteiger partial charge in [-0.15, -0.1) is 11.3 Å². The van der Waals surface area contributed by atoms with Gasteiger partial charge in [0, 0.05) is 5.38 Å². The highest BCUT2D eigenvalue weighted by molar-refractivity contribution is 7.09. The molecule has 0 aliphatic heterocycles. The first kappa shape index (κ1) is 8.75. The molecule has 0 fully saturated rings. The highest BCUT2D eigenvalue weighted by Crippen LogP contribution is 2.08. The van der Waals surface area contributed by atoms with Gasteiger partial charge in [-0.25, -0.2) is 10.1 Å². The Morgan fingerprint density at radius 2 is 2.50 bits per heavy atom. The molecule has 2 rings (SSSR count). The van der Waals surface area contributed by atoms with Crippen LogP contribution < -0.4 is 5.32 Å². The summed E-state index contributed by atoms with van der Waals surface area (Å²) in [6.07, 6.45) is 0. The number of carbonyl (C=O) groups excluding carboxylic acids is 1. The standard InChI is InChI=1S/C6H6N6OS/c1-3-7-4(2-14-3)5(13)8-6-9-11-12-10-6/h2H,1H3,(H2,8,9,10,11,12,13). The second kappa shape index (κ2) is 3.50. The third-order valence-electron chi connectivity index (χ3n) is 1.43. The van der Waals surface area contributed by atoms with E-state index in [0.717, 1.165) is 5.01 Å². The highest BCUT2D eigenvalue weighted by atomic mass is 32.1. The Morgan fingerprint density at radius 1 is 1.64 bits per heavy atom. The van der Waals surface area contributed by atoms with Crippen LogP contribution in [0.1, 0.15) is 15.5 Å². The van der Waals surface area contributed by atoms with Crippen molar-refractivity contribution in [3.8, 4) is 0 Å². The molecule has 8 heteroatoms. The number of rotatable bonds is 2. The first-order valence-corrected chi connectivity index (χ1v) is 4.61. The molecule has 2 heterocycles. The molecule has 2 aromatic rings. The summed E-state index contributed by atoms with van der Waals surface area (Å²) >= 11 is 1.41. The molecule has 0 aliphatic rings.